The third-order valence-electron chi connectivity index (χ3n) is 5.03. The molecule has 0 bridgehead atoms. The molecule has 0 radical (unpaired) electrons. The quantitative estimate of drug-likeness (QED) is 0.566. The average molecular weight is 389 g/mol. The zero-order valence-corrected chi connectivity index (χ0v) is 15.6. The topological polar surface area (TPSA) is 84.2 Å². The van der Waals surface area contributed by atoms with Gasteiger partial charge in [0.2, 0.25) is 5.91 Å². The number of nitrogens with two attached hydrogens (primary N) is 1. The molecule has 29 heavy (non-hydrogen) atoms. The minimum Gasteiger partial charge on any atom is -0.397 e. The molecule has 4 rings (SSSR count). The van der Waals surface area contributed by atoms with Crippen molar-refractivity contribution >= 4 is 28.9 Å². The first-order valence-corrected chi connectivity index (χ1v) is 9.33. The van der Waals surface area contributed by atoms with Gasteiger partial charge in [0.1, 0.15) is 5.82 Å². The van der Waals surface area contributed by atoms with E-state index >= 15 is 0 Å². The maximum Gasteiger partial charge on any atom is 0.255 e. The third kappa shape index (κ3) is 4.27. The van der Waals surface area contributed by atoms with Crippen molar-refractivity contribution < 1.29 is 14.0 Å². The molecule has 2 atom stereocenters. The van der Waals surface area contributed by atoms with Gasteiger partial charge in [-0.25, -0.2) is 4.39 Å². The highest BCUT2D eigenvalue weighted by Crippen LogP contribution is 2.47. The summed E-state index contributed by atoms with van der Waals surface area (Å²) in [6, 6.07) is 20.4. The minimum atomic E-state index is -0.467. The number of carbonyl (C=O) groups is 2. The standard InChI is InChI=1S/C23H20FN3O2/c24-16-8-11-21(20(25)12-16)27-22(28)15-6-9-17(10-7-15)26-23(29)19-13-18(19)14-4-2-1-3-5-14/h1-12,18-19H,13,25H2,(H,26,29)(H,27,28)/t18?,19-/m1/s1. The van der Waals surface area contributed by atoms with Gasteiger partial charge in [-0.05, 0) is 60.4 Å². The molecule has 6 heteroatoms. The van der Waals surface area contributed by atoms with Crippen LogP contribution < -0.4 is 16.4 Å². The lowest BCUT2D eigenvalue weighted by Crippen LogP contribution is -2.15. The third-order valence-corrected chi connectivity index (χ3v) is 5.03. The van der Waals surface area contributed by atoms with E-state index in [1.807, 2.05) is 30.3 Å². The predicted octanol–water partition coefficient (Wildman–Crippen LogP) is 4.40. The van der Waals surface area contributed by atoms with Crippen molar-refractivity contribution in [3.8, 4) is 0 Å². The van der Waals surface area contributed by atoms with Crippen LogP contribution in [0.3, 0.4) is 0 Å². The van der Waals surface area contributed by atoms with Gasteiger partial charge in [-0.1, -0.05) is 30.3 Å². The van der Waals surface area contributed by atoms with Gasteiger partial charge in [0.25, 0.3) is 5.91 Å². The maximum absolute atomic E-state index is 13.1. The summed E-state index contributed by atoms with van der Waals surface area (Å²) in [7, 11) is 0. The van der Waals surface area contributed by atoms with Gasteiger partial charge >= 0.3 is 0 Å². The number of nitrogens with one attached hydrogen (secondary N) is 2. The first-order chi connectivity index (χ1) is 14.0. The molecule has 0 saturated heterocycles. The van der Waals surface area contributed by atoms with Gasteiger partial charge in [0, 0.05) is 17.2 Å². The molecule has 5 nitrogen and oxygen atoms in total. The fraction of sp³-hybridized carbons (Fsp3) is 0.130. The van der Waals surface area contributed by atoms with Crippen LogP contribution in [-0.4, -0.2) is 11.8 Å². The maximum atomic E-state index is 13.1. The summed E-state index contributed by atoms with van der Waals surface area (Å²) in [5.41, 5.74) is 8.42. The fourth-order valence-corrected chi connectivity index (χ4v) is 3.34. The van der Waals surface area contributed by atoms with Gasteiger partial charge in [-0.2, -0.15) is 0 Å². The number of anilines is 3. The van der Waals surface area contributed by atoms with E-state index < -0.39 is 5.82 Å². The van der Waals surface area contributed by atoms with Crippen LogP contribution in [0.2, 0.25) is 0 Å². The Kier molecular flexibility index (Phi) is 4.99. The van der Waals surface area contributed by atoms with Crippen molar-refractivity contribution in [1.29, 1.82) is 0 Å². The highest BCUT2D eigenvalue weighted by molar-refractivity contribution is 6.06. The molecule has 3 aromatic rings. The fourth-order valence-electron chi connectivity index (χ4n) is 3.34. The molecule has 1 aliphatic rings. The second-order valence-electron chi connectivity index (χ2n) is 7.11. The van der Waals surface area contributed by atoms with E-state index in [1.54, 1.807) is 24.3 Å². The summed E-state index contributed by atoms with van der Waals surface area (Å²) in [4.78, 5) is 24.8. The summed E-state index contributed by atoms with van der Waals surface area (Å²) in [5, 5.41) is 5.55. The smallest absolute Gasteiger partial charge is 0.255 e. The number of halogens is 1. The van der Waals surface area contributed by atoms with Crippen LogP contribution in [-0.2, 0) is 4.79 Å². The van der Waals surface area contributed by atoms with E-state index in [-0.39, 0.29) is 29.3 Å². The number of hydrogen-bond donors (Lipinski definition) is 3. The van der Waals surface area contributed by atoms with Gasteiger partial charge in [-0.15, -0.1) is 0 Å². The molecule has 0 spiro atoms. The number of nitrogen functional groups attached to an aromatic ring is 1. The Bertz CT molecular complexity index is 1050. The van der Waals surface area contributed by atoms with Gasteiger partial charge in [0.05, 0.1) is 11.4 Å². The predicted molar refractivity (Wildman–Crippen MR) is 111 cm³/mol. The average Bonchev–Trinajstić information content (AvgIpc) is 3.52. The molecule has 0 heterocycles. The summed E-state index contributed by atoms with van der Waals surface area (Å²) in [6.07, 6.45) is 0.843. The number of hydrogen-bond acceptors (Lipinski definition) is 3. The van der Waals surface area contributed by atoms with Gasteiger partial charge in [-0.3, -0.25) is 9.59 Å². The van der Waals surface area contributed by atoms with Crippen LogP contribution in [0.4, 0.5) is 21.5 Å². The lowest BCUT2D eigenvalue weighted by Gasteiger charge is -2.09. The van der Waals surface area contributed by atoms with Crippen molar-refractivity contribution in [2.75, 3.05) is 16.4 Å². The molecule has 1 fully saturated rings. The lowest BCUT2D eigenvalue weighted by atomic mass is 10.1. The molecular formula is C23H20FN3O2. The molecule has 2 amide bonds. The number of carbonyl (C=O) groups excluding carboxylic acids is 2. The largest absolute Gasteiger partial charge is 0.397 e. The van der Waals surface area contributed by atoms with E-state index in [0.29, 0.717) is 16.9 Å². The second-order valence-corrected chi connectivity index (χ2v) is 7.11. The van der Waals surface area contributed by atoms with Crippen molar-refractivity contribution in [3.63, 3.8) is 0 Å². The first-order valence-electron chi connectivity index (χ1n) is 9.33. The Balaban J connectivity index is 1.35. The van der Waals surface area contributed by atoms with Crippen LogP contribution in [0.25, 0.3) is 0 Å². The molecule has 1 saturated carbocycles. The SMILES string of the molecule is Nc1cc(F)ccc1NC(=O)c1ccc(NC(=O)[C@@H]2CC2c2ccccc2)cc1. The molecule has 3 aromatic carbocycles. The van der Waals surface area contributed by atoms with Gasteiger partial charge in [0.15, 0.2) is 0 Å². The van der Waals surface area contributed by atoms with Crippen molar-refractivity contribution in [2.45, 2.75) is 12.3 Å². The van der Waals surface area contributed by atoms with E-state index in [2.05, 4.69) is 10.6 Å². The van der Waals surface area contributed by atoms with Crippen LogP contribution >= 0.6 is 0 Å². The van der Waals surface area contributed by atoms with E-state index in [9.17, 15) is 14.0 Å². The Morgan fingerprint density at radius 1 is 0.931 bits per heavy atom. The van der Waals surface area contributed by atoms with Crippen LogP contribution in [0.15, 0.2) is 72.8 Å². The number of amides is 2. The molecule has 0 aliphatic heterocycles. The van der Waals surface area contributed by atoms with Crippen molar-refractivity contribution in [3.05, 3.63) is 89.7 Å². The molecule has 146 valence electrons. The van der Waals surface area contributed by atoms with Crippen LogP contribution in [0, 0.1) is 11.7 Å². The van der Waals surface area contributed by atoms with Gasteiger partial charge < -0.3 is 16.4 Å². The summed E-state index contributed by atoms with van der Waals surface area (Å²) in [6.45, 7) is 0. The first kappa shape index (κ1) is 18.7. The van der Waals surface area contributed by atoms with E-state index in [0.717, 1.165) is 12.5 Å². The zero-order valence-electron chi connectivity index (χ0n) is 15.6. The highest BCUT2D eigenvalue weighted by atomic mass is 19.1. The summed E-state index contributed by atoms with van der Waals surface area (Å²) < 4.78 is 13.1. The Morgan fingerprint density at radius 2 is 1.66 bits per heavy atom. The number of benzene rings is 3. The number of rotatable bonds is 5. The molecule has 1 aliphatic carbocycles. The Morgan fingerprint density at radius 3 is 2.34 bits per heavy atom. The summed E-state index contributed by atoms with van der Waals surface area (Å²) >= 11 is 0. The van der Waals surface area contributed by atoms with Crippen molar-refractivity contribution in [2.24, 2.45) is 5.92 Å². The normalized spacial score (nSPS) is 17.4. The lowest BCUT2D eigenvalue weighted by molar-refractivity contribution is -0.117. The molecule has 0 aromatic heterocycles. The van der Waals surface area contributed by atoms with Crippen molar-refractivity contribution in [1.82, 2.24) is 0 Å². The summed E-state index contributed by atoms with van der Waals surface area (Å²) in [5.74, 6) is -0.613. The Labute approximate surface area is 167 Å². The Hall–Kier alpha value is -3.67. The molecule has 4 N–H and O–H groups in total. The van der Waals surface area contributed by atoms with E-state index in [1.165, 1.54) is 17.7 Å². The van der Waals surface area contributed by atoms with Crippen LogP contribution in [0.5, 0.6) is 0 Å². The highest BCUT2D eigenvalue weighted by Gasteiger charge is 2.43. The monoisotopic (exact) mass is 389 g/mol. The molecular weight excluding hydrogens is 369 g/mol. The molecule has 1 unspecified atom stereocenters. The second kappa shape index (κ2) is 7.75. The zero-order chi connectivity index (χ0) is 20.4. The van der Waals surface area contributed by atoms with Crippen LogP contribution in [0.1, 0.15) is 28.3 Å². The minimum absolute atomic E-state index is 0.0184. The van der Waals surface area contributed by atoms with E-state index in [4.69, 9.17) is 5.73 Å².